The van der Waals surface area contributed by atoms with Gasteiger partial charge in [-0.15, -0.1) is 0 Å². The van der Waals surface area contributed by atoms with E-state index in [9.17, 15) is 9.90 Å². The Bertz CT molecular complexity index is 982. The summed E-state index contributed by atoms with van der Waals surface area (Å²) in [6, 6.07) is 13.3. The first kappa shape index (κ1) is 37.9. The van der Waals surface area contributed by atoms with E-state index in [-0.39, 0.29) is 11.3 Å². The Morgan fingerprint density at radius 2 is 0.886 bits per heavy atom. The zero-order valence-electron chi connectivity index (χ0n) is 28.7. The van der Waals surface area contributed by atoms with Crippen molar-refractivity contribution in [2.75, 3.05) is 0 Å². The van der Waals surface area contributed by atoms with Crippen molar-refractivity contribution in [2.24, 2.45) is 0 Å². The SMILES string of the molecule is CCCCCCCCCCCCCCCCc1ccccc1OC(=O)c1cccc(CCCCCCCCCCCC)c1O. The summed E-state index contributed by atoms with van der Waals surface area (Å²) in [5.41, 5.74) is 2.18. The molecule has 0 heterocycles. The third kappa shape index (κ3) is 17.3. The first-order valence-electron chi connectivity index (χ1n) is 18.8. The fourth-order valence-electron chi connectivity index (χ4n) is 6.24. The smallest absolute Gasteiger partial charge is 0.347 e. The molecule has 0 saturated heterocycles. The third-order valence-corrected chi connectivity index (χ3v) is 9.11. The molecule has 0 spiro atoms. The van der Waals surface area contributed by atoms with Gasteiger partial charge >= 0.3 is 5.97 Å². The highest BCUT2D eigenvalue weighted by Crippen LogP contribution is 2.28. The lowest BCUT2D eigenvalue weighted by Crippen LogP contribution is -2.11. The number of carbonyl (C=O) groups is 1. The lowest BCUT2D eigenvalue weighted by atomic mass is 10.0. The number of rotatable bonds is 28. The van der Waals surface area contributed by atoms with Gasteiger partial charge in [-0.2, -0.15) is 0 Å². The van der Waals surface area contributed by atoms with Gasteiger partial charge in [0.15, 0.2) is 0 Å². The number of ether oxygens (including phenoxy) is 1. The summed E-state index contributed by atoms with van der Waals surface area (Å²) in [5.74, 6) is 0.227. The van der Waals surface area contributed by atoms with Gasteiger partial charge in [-0.25, -0.2) is 4.79 Å². The van der Waals surface area contributed by atoms with Crippen LogP contribution in [0, 0.1) is 0 Å². The van der Waals surface area contributed by atoms with Crippen LogP contribution in [0.3, 0.4) is 0 Å². The monoisotopic (exact) mass is 607 g/mol. The van der Waals surface area contributed by atoms with Crippen LogP contribution in [0.15, 0.2) is 42.5 Å². The van der Waals surface area contributed by atoms with Crippen LogP contribution >= 0.6 is 0 Å². The van der Waals surface area contributed by atoms with E-state index in [1.54, 1.807) is 6.07 Å². The van der Waals surface area contributed by atoms with Crippen molar-refractivity contribution in [3.63, 3.8) is 0 Å². The van der Waals surface area contributed by atoms with E-state index in [1.165, 1.54) is 135 Å². The topological polar surface area (TPSA) is 46.5 Å². The fraction of sp³-hybridized carbons (Fsp3) is 0.683. The largest absolute Gasteiger partial charge is 0.507 e. The van der Waals surface area contributed by atoms with Gasteiger partial charge in [0.1, 0.15) is 17.1 Å². The van der Waals surface area contributed by atoms with Crippen molar-refractivity contribution in [1.29, 1.82) is 0 Å². The lowest BCUT2D eigenvalue weighted by molar-refractivity contribution is 0.0729. The van der Waals surface area contributed by atoms with Crippen LogP contribution in [0.5, 0.6) is 11.5 Å². The highest BCUT2D eigenvalue weighted by atomic mass is 16.5. The van der Waals surface area contributed by atoms with Crippen LogP contribution in [0.4, 0.5) is 0 Å². The molecule has 0 aliphatic rings. The number of carbonyl (C=O) groups excluding carboxylic acids is 1. The average Bonchev–Trinajstić information content (AvgIpc) is 3.03. The number of unbranched alkanes of at least 4 members (excludes halogenated alkanes) is 22. The number of aryl methyl sites for hydroxylation is 2. The van der Waals surface area contributed by atoms with E-state index in [2.05, 4.69) is 19.9 Å². The maximum absolute atomic E-state index is 13.1. The van der Waals surface area contributed by atoms with Crippen LogP contribution in [0.2, 0.25) is 0 Å². The predicted octanol–water partition coefficient (Wildman–Crippen LogP) is 13.1. The molecule has 44 heavy (non-hydrogen) atoms. The normalized spacial score (nSPS) is 11.2. The van der Waals surface area contributed by atoms with Crippen LogP contribution in [0.25, 0.3) is 0 Å². The summed E-state index contributed by atoms with van der Waals surface area (Å²) in [7, 11) is 0. The molecule has 1 N–H and O–H groups in total. The molecule has 0 aromatic heterocycles. The maximum atomic E-state index is 13.1. The number of phenolic OH excluding ortho intramolecular Hbond substituents is 1. The van der Waals surface area contributed by atoms with Gasteiger partial charge in [-0.3, -0.25) is 0 Å². The van der Waals surface area contributed by atoms with Gasteiger partial charge in [0.2, 0.25) is 0 Å². The van der Waals surface area contributed by atoms with Gasteiger partial charge in [-0.05, 0) is 48.9 Å². The van der Waals surface area contributed by atoms with E-state index in [1.807, 2.05) is 30.3 Å². The Balaban J connectivity index is 1.64. The summed E-state index contributed by atoms with van der Waals surface area (Å²) in [6.07, 6.45) is 33.4. The zero-order chi connectivity index (χ0) is 31.5. The minimum Gasteiger partial charge on any atom is -0.507 e. The van der Waals surface area contributed by atoms with Gasteiger partial charge < -0.3 is 9.84 Å². The molecule has 2 rings (SSSR count). The van der Waals surface area contributed by atoms with E-state index in [0.717, 1.165) is 43.2 Å². The molecule has 0 aliphatic carbocycles. The van der Waals surface area contributed by atoms with Crippen molar-refractivity contribution in [2.45, 2.75) is 181 Å². The minimum absolute atomic E-state index is 0.0814. The summed E-state index contributed by atoms with van der Waals surface area (Å²) in [6.45, 7) is 4.54. The molecule has 0 atom stereocenters. The van der Waals surface area contributed by atoms with Crippen molar-refractivity contribution in [3.05, 3.63) is 59.2 Å². The predicted molar refractivity (Wildman–Crippen MR) is 189 cm³/mol. The molecule has 2 aromatic rings. The molecule has 0 unspecified atom stereocenters. The minimum atomic E-state index is -0.471. The maximum Gasteiger partial charge on any atom is 0.347 e. The highest BCUT2D eigenvalue weighted by molar-refractivity contribution is 5.94. The van der Waals surface area contributed by atoms with Gasteiger partial charge in [0.25, 0.3) is 0 Å². The Labute approximate surface area is 271 Å². The molecule has 2 aromatic carbocycles. The van der Waals surface area contributed by atoms with Crippen LogP contribution < -0.4 is 4.74 Å². The second kappa shape index (κ2) is 26.0. The van der Waals surface area contributed by atoms with Gasteiger partial charge in [0, 0.05) is 0 Å². The van der Waals surface area contributed by atoms with Crippen LogP contribution in [-0.4, -0.2) is 11.1 Å². The van der Waals surface area contributed by atoms with E-state index < -0.39 is 5.97 Å². The van der Waals surface area contributed by atoms with Crippen molar-refractivity contribution >= 4 is 5.97 Å². The Morgan fingerprint density at radius 3 is 1.36 bits per heavy atom. The standard InChI is InChI=1S/C41H66O3/c1-3-5-7-9-11-13-15-16-17-18-20-21-23-25-30-36-31-27-28-35-39(36)44-41(43)38-34-29-33-37(40(38)42)32-26-24-22-19-14-12-10-8-6-4-2/h27-29,31,33-35,42H,3-26,30,32H2,1-2H3. The molecule has 3 heteroatoms. The molecule has 0 saturated carbocycles. The number of para-hydroxylation sites is 2. The highest BCUT2D eigenvalue weighted by Gasteiger charge is 2.17. The Morgan fingerprint density at radius 1 is 0.500 bits per heavy atom. The number of hydrogen-bond donors (Lipinski definition) is 1. The number of phenols is 1. The number of aromatic hydroxyl groups is 1. The second-order valence-electron chi connectivity index (χ2n) is 13.1. The fourth-order valence-corrected chi connectivity index (χ4v) is 6.24. The van der Waals surface area contributed by atoms with Crippen molar-refractivity contribution in [1.82, 2.24) is 0 Å². The van der Waals surface area contributed by atoms with Gasteiger partial charge in [-0.1, -0.05) is 185 Å². The third-order valence-electron chi connectivity index (χ3n) is 9.11. The van der Waals surface area contributed by atoms with E-state index >= 15 is 0 Å². The first-order valence-corrected chi connectivity index (χ1v) is 18.8. The second-order valence-corrected chi connectivity index (χ2v) is 13.1. The average molecular weight is 607 g/mol. The van der Waals surface area contributed by atoms with Crippen molar-refractivity contribution < 1.29 is 14.6 Å². The Kier molecular flexibility index (Phi) is 22.4. The molecule has 0 fully saturated rings. The molecule has 0 aliphatic heterocycles. The molecule has 0 bridgehead atoms. The van der Waals surface area contributed by atoms with E-state index in [4.69, 9.17) is 4.74 Å². The van der Waals surface area contributed by atoms with Gasteiger partial charge in [0.05, 0.1) is 0 Å². The lowest BCUT2D eigenvalue weighted by Gasteiger charge is -2.12. The first-order chi connectivity index (χ1) is 21.7. The number of benzene rings is 2. The Hall–Kier alpha value is -2.29. The number of hydrogen-bond acceptors (Lipinski definition) is 3. The van der Waals surface area contributed by atoms with Crippen LogP contribution in [0.1, 0.15) is 189 Å². The zero-order valence-corrected chi connectivity index (χ0v) is 28.7. The molecule has 0 amide bonds. The molecule has 248 valence electrons. The van der Waals surface area contributed by atoms with E-state index in [0.29, 0.717) is 5.75 Å². The quantitative estimate of drug-likeness (QED) is 0.0595. The summed E-state index contributed by atoms with van der Waals surface area (Å²) < 4.78 is 5.84. The molecule has 3 nitrogen and oxygen atoms in total. The van der Waals surface area contributed by atoms with Crippen molar-refractivity contribution in [3.8, 4) is 11.5 Å². The summed E-state index contributed by atoms with van der Waals surface area (Å²) in [5, 5.41) is 10.9. The summed E-state index contributed by atoms with van der Waals surface area (Å²) in [4.78, 5) is 13.1. The summed E-state index contributed by atoms with van der Waals surface area (Å²) >= 11 is 0. The number of esters is 1. The molecular weight excluding hydrogens is 540 g/mol. The molecule has 0 radical (unpaired) electrons. The van der Waals surface area contributed by atoms with Crippen LogP contribution in [-0.2, 0) is 12.8 Å². The molecular formula is C41H66O3.